The monoisotopic (exact) mass is 479 g/mol. The van der Waals surface area contributed by atoms with Crippen molar-refractivity contribution in [2.75, 3.05) is 37.9 Å². The molecule has 3 aromatic rings. The molecule has 3 aliphatic rings. The van der Waals surface area contributed by atoms with Crippen molar-refractivity contribution in [1.82, 2.24) is 9.88 Å². The molecule has 3 aliphatic heterocycles. The molecular weight excluding hydrogens is 446 g/mol. The fourth-order valence-corrected chi connectivity index (χ4v) is 7.11. The van der Waals surface area contributed by atoms with Crippen LogP contribution in [0.1, 0.15) is 52.5 Å². The first-order valence-electron chi connectivity index (χ1n) is 12.6. The second-order valence-electron chi connectivity index (χ2n) is 9.97. The van der Waals surface area contributed by atoms with Crippen LogP contribution in [0.4, 0.5) is 5.69 Å². The quantitative estimate of drug-likeness (QED) is 0.554. The van der Waals surface area contributed by atoms with E-state index in [-0.39, 0.29) is 18.1 Å². The van der Waals surface area contributed by atoms with Crippen molar-refractivity contribution in [3.05, 3.63) is 39.8 Å². The van der Waals surface area contributed by atoms with E-state index in [0.29, 0.717) is 19.9 Å². The summed E-state index contributed by atoms with van der Waals surface area (Å²) in [5, 5.41) is 1.11. The molecule has 3 fully saturated rings. The number of likely N-dealkylation sites (tertiary alicyclic amines) is 1. The van der Waals surface area contributed by atoms with Crippen LogP contribution in [0.3, 0.4) is 0 Å². The van der Waals surface area contributed by atoms with Crippen molar-refractivity contribution in [2.45, 2.75) is 58.7 Å². The molecule has 34 heavy (non-hydrogen) atoms. The molecule has 0 aliphatic carbocycles. The summed E-state index contributed by atoms with van der Waals surface area (Å²) in [7, 11) is 0. The van der Waals surface area contributed by atoms with E-state index in [4.69, 9.17) is 9.47 Å². The number of carbonyl (C=O) groups is 1. The molecule has 0 radical (unpaired) electrons. The topological polar surface area (TPSA) is 57.8 Å². The minimum absolute atomic E-state index is 0.0155. The first kappa shape index (κ1) is 22.1. The number of amides is 1. The summed E-state index contributed by atoms with van der Waals surface area (Å²) < 4.78 is 11.4. The summed E-state index contributed by atoms with van der Waals surface area (Å²) in [5.41, 5.74) is 6.53. The maximum Gasteiger partial charge on any atom is 0.256 e. The maximum absolute atomic E-state index is 14.2. The van der Waals surface area contributed by atoms with Crippen LogP contribution in [0.5, 0.6) is 0 Å². The maximum atomic E-state index is 14.2. The number of nitrogens with one attached hydrogen (secondary N) is 1. The van der Waals surface area contributed by atoms with Gasteiger partial charge in [0.15, 0.2) is 0 Å². The Morgan fingerprint density at radius 3 is 2.38 bits per heavy atom. The molecule has 180 valence electrons. The highest BCUT2D eigenvalue weighted by molar-refractivity contribution is 7.19. The SMILES string of the molecule is CCc1sc2[nH]c(-c3cc(C)cc(C)c3)c(C(=O)N3C[C@@H]4OCO[C@@H]4C3)c2c1N1CCCCC1. The predicted molar refractivity (Wildman–Crippen MR) is 137 cm³/mol. The zero-order valence-electron chi connectivity index (χ0n) is 20.3. The van der Waals surface area contributed by atoms with Crippen molar-refractivity contribution < 1.29 is 14.3 Å². The smallest absolute Gasteiger partial charge is 0.256 e. The van der Waals surface area contributed by atoms with Gasteiger partial charge in [0.2, 0.25) is 0 Å². The molecule has 0 bridgehead atoms. The lowest BCUT2D eigenvalue weighted by Crippen LogP contribution is -2.32. The summed E-state index contributed by atoms with van der Waals surface area (Å²) in [5.74, 6) is 0.0840. The number of aryl methyl sites for hydroxylation is 3. The number of rotatable bonds is 4. The van der Waals surface area contributed by atoms with E-state index in [1.165, 1.54) is 41.0 Å². The van der Waals surface area contributed by atoms with Gasteiger partial charge in [-0.25, -0.2) is 0 Å². The third-order valence-corrected chi connectivity index (χ3v) is 8.71. The number of H-pyrrole nitrogens is 1. The first-order valence-corrected chi connectivity index (χ1v) is 13.4. The number of thiophene rings is 1. The number of piperidine rings is 1. The van der Waals surface area contributed by atoms with Crippen molar-refractivity contribution >= 4 is 33.1 Å². The van der Waals surface area contributed by atoms with Crippen molar-refractivity contribution in [1.29, 1.82) is 0 Å². The Morgan fingerprint density at radius 1 is 1.06 bits per heavy atom. The van der Waals surface area contributed by atoms with Gasteiger partial charge in [0, 0.05) is 23.4 Å². The molecule has 1 amide bonds. The Labute approximate surface area is 204 Å². The summed E-state index contributed by atoms with van der Waals surface area (Å²) in [6.07, 6.45) is 4.65. The van der Waals surface area contributed by atoms with Crippen LogP contribution in [-0.4, -0.2) is 61.0 Å². The highest BCUT2D eigenvalue weighted by Gasteiger charge is 2.42. The fraction of sp³-hybridized carbons (Fsp3) is 0.519. The number of aromatic nitrogens is 1. The average molecular weight is 480 g/mol. The summed E-state index contributed by atoms with van der Waals surface area (Å²) >= 11 is 1.81. The normalized spacial score (nSPS) is 22.7. The van der Waals surface area contributed by atoms with Gasteiger partial charge in [0.05, 0.1) is 30.0 Å². The van der Waals surface area contributed by atoms with Crippen molar-refractivity contribution in [3.8, 4) is 11.3 Å². The van der Waals surface area contributed by atoms with Gasteiger partial charge in [0.25, 0.3) is 5.91 Å². The lowest BCUT2D eigenvalue weighted by Gasteiger charge is -2.30. The highest BCUT2D eigenvalue weighted by atomic mass is 32.1. The Hall–Kier alpha value is -2.35. The molecule has 2 aromatic heterocycles. The molecule has 0 saturated carbocycles. The number of ether oxygens (including phenoxy) is 2. The number of carbonyl (C=O) groups excluding carboxylic acids is 1. The van der Waals surface area contributed by atoms with E-state index in [9.17, 15) is 4.79 Å². The molecule has 3 saturated heterocycles. The number of fused-ring (bicyclic) bond motifs is 2. The lowest BCUT2D eigenvalue weighted by molar-refractivity contribution is 0.0152. The van der Waals surface area contributed by atoms with Crippen LogP contribution < -0.4 is 4.90 Å². The molecule has 5 heterocycles. The first-order chi connectivity index (χ1) is 16.5. The third kappa shape index (κ3) is 3.65. The lowest BCUT2D eigenvalue weighted by atomic mass is 9.99. The molecule has 2 atom stereocenters. The third-order valence-electron chi connectivity index (χ3n) is 7.48. The molecule has 0 unspecified atom stereocenters. The second-order valence-corrected chi connectivity index (χ2v) is 11.1. The molecule has 1 N–H and O–H groups in total. The number of hydrogen-bond donors (Lipinski definition) is 1. The van der Waals surface area contributed by atoms with Crippen LogP contribution in [-0.2, 0) is 15.9 Å². The number of benzene rings is 1. The zero-order valence-corrected chi connectivity index (χ0v) is 21.1. The minimum atomic E-state index is -0.0155. The van der Waals surface area contributed by atoms with Crippen molar-refractivity contribution in [2.24, 2.45) is 0 Å². The van der Waals surface area contributed by atoms with Gasteiger partial charge in [-0.2, -0.15) is 0 Å². The standard InChI is InChI=1S/C27H33N3O3S/c1-4-21-25(29-8-6-5-7-9-29)23-22(27(31)30-13-19-20(14-30)33-15-32-19)24(28-26(23)34-21)18-11-16(2)10-17(3)12-18/h10-12,19-20,28H,4-9,13-15H2,1-3H3/t19-,20+. The summed E-state index contributed by atoms with van der Waals surface area (Å²) in [6, 6.07) is 6.55. The van der Waals surface area contributed by atoms with Gasteiger partial charge >= 0.3 is 0 Å². The minimum Gasteiger partial charge on any atom is -0.370 e. The Morgan fingerprint density at radius 2 is 1.74 bits per heavy atom. The van der Waals surface area contributed by atoms with E-state index >= 15 is 0 Å². The number of anilines is 1. The molecule has 1 aromatic carbocycles. The van der Waals surface area contributed by atoms with Crippen LogP contribution in [0.25, 0.3) is 21.5 Å². The molecule has 6 rings (SSSR count). The van der Waals surface area contributed by atoms with Gasteiger partial charge in [-0.3, -0.25) is 4.79 Å². The Kier molecular flexibility index (Phi) is 5.66. The summed E-state index contributed by atoms with van der Waals surface area (Å²) in [6.45, 7) is 10.1. The van der Waals surface area contributed by atoms with Crippen LogP contribution >= 0.6 is 11.3 Å². The van der Waals surface area contributed by atoms with E-state index in [2.05, 4.69) is 48.9 Å². The van der Waals surface area contributed by atoms with Gasteiger partial charge < -0.3 is 24.3 Å². The average Bonchev–Trinajstić information content (AvgIpc) is 3.57. The molecule has 7 heteroatoms. The van der Waals surface area contributed by atoms with Gasteiger partial charge in [-0.15, -0.1) is 11.3 Å². The van der Waals surface area contributed by atoms with Gasteiger partial charge in [-0.05, 0) is 57.2 Å². The highest BCUT2D eigenvalue weighted by Crippen LogP contribution is 2.45. The number of aromatic amines is 1. The molecular formula is C27H33N3O3S. The van der Waals surface area contributed by atoms with Crippen LogP contribution in [0.15, 0.2) is 18.2 Å². The zero-order chi connectivity index (χ0) is 23.4. The molecule has 0 spiro atoms. The largest absolute Gasteiger partial charge is 0.370 e. The Balaban J connectivity index is 1.54. The fourth-order valence-electron chi connectivity index (χ4n) is 5.93. The van der Waals surface area contributed by atoms with E-state index in [1.807, 2.05) is 16.2 Å². The summed E-state index contributed by atoms with van der Waals surface area (Å²) in [4.78, 5) is 24.9. The Bertz CT molecular complexity index is 1210. The van der Waals surface area contributed by atoms with E-state index in [1.54, 1.807) is 0 Å². The number of nitrogens with zero attached hydrogens (tertiary/aromatic N) is 2. The predicted octanol–water partition coefficient (Wildman–Crippen LogP) is 5.26. The number of hydrogen-bond acceptors (Lipinski definition) is 5. The van der Waals surface area contributed by atoms with Gasteiger partial charge in [0.1, 0.15) is 23.8 Å². The molecule has 6 nitrogen and oxygen atoms in total. The van der Waals surface area contributed by atoms with E-state index < -0.39 is 0 Å². The van der Waals surface area contributed by atoms with Crippen molar-refractivity contribution in [3.63, 3.8) is 0 Å². The van der Waals surface area contributed by atoms with E-state index in [0.717, 1.165) is 46.5 Å². The van der Waals surface area contributed by atoms with Crippen LogP contribution in [0, 0.1) is 13.8 Å². The van der Waals surface area contributed by atoms with Crippen LogP contribution in [0.2, 0.25) is 0 Å². The second kappa shape index (κ2) is 8.70. The van der Waals surface area contributed by atoms with Gasteiger partial charge in [-0.1, -0.05) is 24.1 Å².